The van der Waals surface area contributed by atoms with Gasteiger partial charge >= 0.3 is 11.8 Å². The first-order valence-corrected chi connectivity index (χ1v) is 19.8. The standard InChI is InChI=1S/C44H60N2O13/c1-21(2)19-46(11)32(48)20-56-31-18-29-39(52)34-33(31)35-41(27(8)38(34)51)59-44(10,42(35)53)57-17-16-30(55-12)24(5)40(58-28(9)47)26(7)37(50)25(6)36(49)22(3)14-13-15-23(4)43(54)45-29/h13-18,21-22,24-26,30,36-37,40,49-52H,19-20H2,1-12H3,(H,45,54)/b14-13+,17-16+,23-15-. The van der Waals surface area contributed by atoms with Gasteiger partial charge in [0.1, 0.15) is 23.4 Å². The third-order valence-electron chi connectivity index (χ3n) is 11.2. The average molecular weight is 825 g/mol. The highest BCUT2D eigenvalue weighted by Gasteiger charge is 2.49. The van der Waals surface area contributed by atoms with Crippen molar-refractivity contribution < 1.29 is 63.3 Å². The molecule has 0 radical (unpaired) electrons. The van der Waals surface area contributed by atoms with Crippen molar-refractivity contribution in [2.45, 2.75) is 99.4 Å². The van der Waals surface area contributed by atoms with Crippen LogP contribution in [0.15, 0.2) is 42.2 Å². The molecule has 0 spiro atoms. The minimum atomic E-state index is -2.02. The van der Waals surface area contributed by atoms with Crippen LogP contribution in [0, 0.1) is 36.5 Å². The summed E-state index contributed by atoms with van der Waals surface area (Å²) >= 11 is 0. The Kier molecular flexibility index (Phi) is 14.9. The molecule has 15 heteroatoms. The minimum absolute atomic E-state index is 0.0591. The molecule has 0 aromatic heterocycles. The number of aliphatic hydroxyl groups excluding tert-OH is 2. The van der Waals surface area contributed by atoms with Gasteiger partial charge in [0.25, 0.3) is 17.6 Å². The van der Waals surface area contributed by atoms with E-state index in [1.807, 2.05) is 13.8 Å². The van der Waals surface area contributed by atoms with E-state index < -0.39 is 89.6 Å². The molecule has 15 nitrogen and oxygen atoms in total. The number of carbonyl (C=O) groups excluding carboxylic acids is 4. The summed E-state index contributed by atoms with van der Waals surface area (Å²) in [5, 5.41) is 48.4. The molecule has 3 heterocycles. The number of carbonyl (C=O) groups is 4. The lowest BCUT2D eigenvalue weighted by Gasteiger charge is -2.38. The van der Waals surface area contributed by atoms with Crippen LogP contribution in [0.2, 0.25) is 0 Å². The third-order valence-corrected chi connectivity index (χ3v) is 11.2. The number of phenolic OH excluding ortho intramolecular Hbond substituents is 2. The van der Waals surface area contributed by atoms with Gasteiger partial charge in [-0.05, 0) is 25.8 Å². The highest BCUT2D eigenvalue weighted by Crippen LogP contribution is 2.54. The molecule has 3 aliphatic rings. The van der Waals surface area contributed by atoms with Gasteiger partial charge < -0.3 is 54.3 Å². The van der Waals surface area contributed by atoms with Gasteiger partial charge in [0.05, 0.1) is 41.2 Å². The Balaban J connectivity index is 1.93. The van der Waals surface area contributed by atoms with E-state index in [0.717, 1.165) is 0 Å². The molecule has 2 aromatic rings. The lowest BCUT2D eigenvalue weighted by atomic mass is 9.78. The molecule has 0 saturated heterocycles. The van der Waals surface area contributed by atoms with Gasteiger partial charge in [-0.3, -0.25) is 19.2 Å². The second-order valence-electron chi connectivity index (χ2n) is 16.4. The maximum absolute atomic E-state index is 14.5. The van der Waals surface area contributed by atoms with Crippen molar-refractivity contribution >= 4 is 40.0 Å². The Morgan fingerprint density at radius 2 is 1.64 bits per heavy atom. The largest absolute Gasteiger partial charge is 0.507 e. The minimum Gasteiger partial charge on any atom is -0.507 e. The Bertz CT molecular complexity index is 2020. The fourth-order valence-corrected chi connectivity index (χ4v) is 7.65. The zero-order valence-corrected chi connectivity index (χ0v) is 36.0. The van der Waals surface area contributed by atoms with E-state index >= 15 is 0 Å². The second-order valence-corrected chi connectivity index (χ2v) is 16.4. The molecule has 5 rings (SSSR count). The number of Topliss-reactive ketones (excluding diaryl/α,β-unsaturated/α-hetero) is 1. The summed E-state index contributed by atoms with van der Waals surface area (Å²) in [5.41, 5.74) is -0.0154. The van der Waals surface area contributed by atoms with E-state index in [2.05, 4.69) is 5.32 Å². The smallest absolute Gasteiger partial charge is 0.312 e. The number of benzene rings is 2. The van der Waals surface area contributed by atoms with Crippen LogP contribution in [0.4, 0.5) is 5.69 Å². The molecule has 2 aromatic carbocycles. The monoisotopic (exact) mass is 824 g/mol. The number of allylic oxidation sites excluding steroid dienone is 2. The molecule has 0 saturated carbocycles. The number of aromatic hydroxyl groups is 2. The molecular formula is C44H60N2O13. The number of esters is 1. The molecule has 0 aliphatic carbocycles. The predicted octanol–water partition coefficient (Wildman–Crippen LogP) is 5.54. The number of aliphatic hydroxyl groups is 2. The number of nitrogens with one attached hydrogen (secondary N) is 1. The predicted molar refractivity (Wildman–Crippen MR) is 220 cm³/mol. The summed E-state index contributed by atoms with van der Waals surface area (Å²) in [7, 11) is 3.06. The van der Waals surface area contributed by atoms with Crippen molar-refractivity contribution in [3.8, 4) is 23.0 Å². The maximum atomic E-state index is 14.5. The van der Waals surface area contributed by atoms with Gasteiger partial charge in [0.15, 0.2) is 12.4 Å². The third kappa shape index (κ3) is 9.85. The van der Waals surface area contributed by atoms with Gasteiger partial charge in [0.2, 0.25) is 0 Å². The molecule has 9 atom stereocenters. The first-order valence-electron chi connectivity index (χ1n) is 19.8. The highest BCUT2D eigenvalue weighted by molar-refractivity contribution is 6.21. The number of rotatable bonds is 7. The quantitative estimate of drug-likeness (QED) is 0.172. The van der Waals surface area contributed by atoms with Gasteiger partial charge in [-0.2, -0.15) is 0 Å². The number of hydrogen-bond acceptors (Lipinski definition) is 13. The zero-order chi connectivity index (χ0) is 44.3. The number of methoxy groups -OCH3 is 1. The molecule has 2 amide bonds. The zero-order valence-electron chi connectivity index (χ0n) is 36.0. The Hall–Kier alpha value is -5.12. The Labute approximate surface area is 345 Å². The van der Waals surface area contributed by atoms with Crippen LogP contribution in [-0.4, -0.2) is 106 Å². The normalized spacial score (nSPS) is 29.9. The van der Waals surface area contributed by atoms with Crippen LogP contribution in [0.3, 0.4) is 0 Å². The molecule has 5 N–H and O–H groups in total. The van der Waals surface area contributed by atoms with E-state index in [1.54, 1.807) is 46.9 Å². The van der Waals surface area contributed by atoms with Crippen LogP contribution < -0.4 is 14.8 Å². The molecule has 3 aliphatic heterocycles. The SMILES string of the molecule is COC1/C=C/OC2(C)Oc3c(C)c(O)c4c(O)c(cc(OCC(=O)N(C)CC(C)C)c4c3C2=O)NC(=O)/C(C)=C\C=C\C(C)C(O)C(C)C(O)C(C)C(OC(C)=O)C1C. The Morgan fingerprint density at radius 1 is 0.983 bits per heavy atom. The van der Waals surface area contributed by atoms with Crippen molar-refractivity contribution in [2.24, 2.45) is 29.6 Å². The van der Waals surface area contributed by atoms with Crippen molar-refractivity contribution in [1.29, 1.82) is 0 Å². The van der Waals surface area contributed by atoms with Crippen LogP contribution in [0.5, 0.6) is 23.0 Å². The number of anilines is 1. The number of fused-ring (bicyclic) bond motifs is 14. The Morgan fingerprint density at radius 3 is 2.25 bits per heavy atom. The summed E-state index contributed by atoms with van der Waals surface area (Å²) in [6.07, 6.45) is 3.59. The van der Waals surface area contributed by atoms with E-state index in [-0.39, 0.29) is 56.5 Å². The first-order chi connectivity index (χ1) is 27.6. The van der Waals surface area contributed by atoms with Gasteiger partial charge in [0, 0.05) is 80.8 Å². The summed E-state index contributed by atoms with van der Waals surface area (Å²) in [6, 6.07) is 1.27. The number of ketones is 1. The molecule has 9 unspecified atom stereocenters. The summed E-state index contributed by atoms with van der Waals surface area (Å²) in [6.45, 7) is 16.4. The molecule has 0 fully saturated rings. The molecule has 59 heavy (non-hydrogen) atoms. The highest BCUT2D eigenvalue weighted by atomic mass is 16.7. The van der Waals surface area contributed by atoms with Crippen molar-refractivity contribution in [2.75, 3.05) is 32.6 Å². The number of hydrogen-bond donors (Lipinski definition) is 5. The molecular weight excluding hydrogens is 764 g/mol. The number of nitrogens with zero attached hydrogens (tertiary/aromatic N) is 1. The van der Waals surface area contributed by atoms with Crippen LogP contribution in [0.25, 0.3) is 10.8 Å². The van der Waals surface area contributed by atoms with Crippen molar-refractivity contribution in [3.05, 3.63) is 53.3 Å². The van der Waals surface area contributed by atoms with Gasteiger partial charge in [-0.1, -0.05) is 59.8 Å². The van der Waals surface area contributed by atoms with E-state index in [4.69, 9.17) is 23.7 Å². The summed E-state index contributed by atoms with van der Waals surface area (Å²) in [4.78, 5) is 55.0. The molecule has 324 valence electrons. The number of likely N-dealkylation sites (N-methyl/N-ethyl adjacent to an activating group) is 1. The van der Waals surface area contributed by atoms with E-state index in [9.17, 15) is 39.6 Å². The molecule has 5 bridgehead atoms. The van der Waals surface area contributed by atoms with Crippen LogP contribution >= 0.6 is 0 Å². The number of amides is 2. The van der Waals surface area contributed by atoms with E-state index in [1.165, 1.54) is 64.2 Å². The lowest BCUT2D eigenvalue weighted by molar-refractivity contribution is -0.160. The first kappa shape index (κ1) is 46.6. The maximum Gasteiger partial charge on any atom is 0.312 e. The second kappa shape index (κ2) is 18.9. The summed E-state index contributed by atoms with van der Waals surface area (Å²) < 4.78 is 29.7. The van der Waals surface area contributed by atoms with Gasteiger partial charge in [-0.25, -0.2) is 0 Å². The van der Waals surface area contributed by atoms with Crippen molar-refractivity contribution in [3.63, 3.8) is 0 Å². The fraction of sp³-hybridized carbons (Fsp3) is 0.545. The lowest BCUT2D eigenvalue weighted by Crippen LogP contribution is -2.46. The van der Waals surface area contributed by atoms with Crippen LogP contribution in [0.1, 0.15) is 78.2 Å². The number of phenols is 2. The van der Waals surface area contributed by atoms with Crippen LogP contribution in [-0.2, 0) is 28.6 Å². The summed E-state index contributed by atoms with van der Waals surface area (Å²) in [5.74, 6) is -7.89. The fourth-order valence-electron chi connectivity index (χ4n) is 7.65. The average Bonchev–Trinajstić information content (AvgIpc) is 3.44. The van der Waals surface area contributed by atoms with Gasteiger partial charge in [-0.15, -0.1) is 0 Å². The number of ether oxygens (including phenoxy) is 5. The van der Waals surface area contributed by atoms with Crippen molar-refractivity contribution in [1.82, 2.24) is 4.90 Å². The van der Waals surface area contributed by atoms with E-state index in [0.29, 0.717) is 6.54 Å². The topological polar surface area (TPSA) is 211 Å².